The van der Waals surface area contributed by atoms with Gasteiger partial charge in [-0.05, 0) is 23.5 Å². The van der Waals surface area contributed by atoms with Gasteiger partial charge in [0.05, 0.1) is 13.1 Å². The molecule has 0 saturated heterocycles. The van der Waals surface area contributed by atoms with E-state index in [2.05, 4.69) is 72.3 Å². The number of nitrogens with zero attached hydrogens (tertiary/aromatic N) is 5. The maximum absolute atomic E-state index is 4.76. The molecule has 0 bridgehead atoms. The molecule has 0 amide bonds. The average molecular weight is 470 g/mol. The zero-order chi connectivity index (χ0) is 18.4. The van der Waals surface area contributed by atoms with Gasteiger partial charge < -0.3 is 10.2 Å². The molecule has 1 heterocycles. The number of hydrogen-bond donors (Lipinski definition) is 1. The van der Waals surface area contributed by atoms with Crippen molar-refractivity contribution in [1.29, 1.82) is 0 Å². The Balaban J connectivity index is 0.00000338. The second kappa shape index (κ2) is 9.89. The molecule has 0 saturated carbocycles. The number of guanidine groups is 1. The fourth-order valence-electron chi connectivity index (χ4n) is 2.50. The minimum absolute atomic E-state index is 0. The van der Waals surface area contributed by atoms with E-state index in [0.717, 1.165) is 18.3 Å². The molecule has 0 unspecified atom stereocenters. The van der Waals surface area contributed by atoms with Crippen molar-refractivity contribution in [3.63, 3.8) is 0 Å². The van der Waals surface area contributed by atoms with E-state index >= 15 is 0 Å². The van der Waals surface area contributed by atoms with Gasteiger partial charge in [0.1, 0.15) is 12.2 Å². The van der Waals surface area contributed by atoms with Crippen molar-refractivity contribution in [1.82, 2.24) is 25.0 Å². The van der Waals surface area contributed by atoms with Gasteiger partial charge in [-0.15, -0.1) is 24.0 Å². The highest BCUT2D eigenvalue weighted by atomic mass is 127. The largest absolute Gasteiger partial charge is 0.357 e. The summed E-state index contributed by atoms with van der Waals surface area (Å²) < 4.78 is 1.78. The van der Waals surface area contributed by atoms with Gasteiger partial charge in [0.2, 0.25) is 0 Å². The summed E-state index contributed by atoms with van der Waals surface area (Å²) in [7, 11) is 3.91. The smallest absolute Gasteiger partial charge is 0.194 e. The predicted octanol–water partition coefficient (Wildman–Crippen LogP) is 3.33. The van der Waals surface area contributed by atoms with Crippen molar-refractivity contribution in [2.45, 2.75) is 46.2 Å². The Morgan fingerprint density at radius 1 is 1.23 bits per heavy atom. The lowest BCUT2D eigenvalue weighted by Gasteiger charge is -2.21. The third-order valence-corrected chi connectivity index (χ3v) is 4.11. The molecule has 2 aromatic rings. The number of rotatable bonds is 5. The minimum atomic E-state index is 0. The number of nitrogens with one attached hydrogen (secondary N) is 1. The third-order valence-electron chi connectivity index (χ3n) is 4.11. The second-order valence-corrected chi connectivity index (χ2v) is 7.27. The van der Waals surface area contributed by atoms with E-state index in [-0.39, 0.29) is 29.4 Å². The molecule has 0 fully saturated rings. The molecule has 2 rings (SSSR count). The molecule has 0 atom stereocenters. The van der Waals surface area contributed by atoms with Crippen LogP contribution < -0.4 is 5.32 Å². The van der Waals surface area contributed by atoms with Gasteiger partial charge in [-0.25, -0.2) is 9.98 Å². The van der Waals surface area contributed by atoms with Gasteiger partial charge >= 0.3 is 0 Å². The number of aryl methyl sites for hydroxylation is 1. The molecule has 7 heteroatoms. The van der Waals surface area contributed by atoms with Gasteiger partial charge in [0.15, 0.2) is 5.96 Å². The lowest BCUT2D eigenvalue weighted by molar-refractivity contribution is 0.448. The molecule has 0 aliphatic heterocycles. The van der Waals surface area contributed by atoms with Gasteiger partial charge in [-0.1, -0.05) is 45.0 Å². The summed E-state index contributed by atoms with van der Waals surface area (Å²) in [4.78, 5) is 11.1. The van der Waals surface area contributed by atoms with E-state index in [4.69, 9.17) is 4.99 Å². The SMILES string of the molecule is CCNC(=NCc1ccc(C(C)(C)C)cc1)N(C)Cc1ncnn1C.I. The Hall–Kier alpha value is -1.64. The number of aromatic nitrogens is 3. The van der Waals surface area contributed by atoms with Crippen molar-refractivity contribution < 1.29 is 0 Å². The van der Waals surface area contributed by atoms with E-state index in [0.29, 0.717) is 13.1 Å². The zero-order valence-corrected chi connectivity index (χ0v) is 19.0. The number of aliphatic imine (C=N–C) groups is 1. The first-order valence-electron chi connectivity index (χ1n) is 8.73. The van der Waals surface area contributed by atoms with Crippen LogP contribution in [0.3, 0.4) is 0 Å². The highest BCUT2D eigenvalue weighted by molar-refractivity contribution is 14.0. The van der Waals surface area contributed by atoms with Gasteiger partial charge in [-0.2, -0.15) is 5.10 Å². The molecule has 0 spiro atoms. The zero-order valence-electron chi connectivity index (χ0n) is 16.7. The quantitative estimate of drug-likeness (QED) is 0.414. The van der Waals surface area contributed by atoms with E-state index in [1.165, 1.54) is 11.1 Å². The third kappa shape index (κ3) is 6.26. The molecule has 26 heavy (non-hydrogen) atoms. The lowest BCUT2D eigenvalue weighted by atomic mass is 9.87. The van der Waals surface area contributed by atoms with Crippen LogP contribution in [-0.2, 0) is 25.6 Å². The van der Waals surface area contributed by atoms with Crippen LogP contribution in [0.15, 0.2) is 35.6 Å². The predicted molar refractivity (Wildman–Crippen MR) is 118 cm³/mol. The van der Waals surface area contributed by atoms with E-state index < -0.39 is 0 Å². The fourth-order valence-corrected chi connectivity index (χ4v) is 2.50. The molecule has 0 aliphatic carbocycles. The summed E-state index contributed by atoms with van der Waals surface area (Å²) in [5.41, 5.74) is 2.72. The monoisotopic (exact) mass is 470 g/mol. The van der Waals surface area contributed by atoms with Crippen LogP contribution in [0.25, 0.3) is 0 Å². The van der Waals surface area contributed by atoms with E-state index in [1.54, 1.807) is 11.0 Å². The van der Waals surface area contributed by atoms with Crippen LogP contribution in [0.1, 0.15) is 44.6 Å². The first kappa shape index (κ1) is 22.4. The van der Waals surface area contributed by atoms with Crippen LogP contribution in [0.5, 0.6) is 0 Å². The Labute approximate surface area is 174 Å². The number of benzene rings is 1. The first-order chi connectivity index (χ1) is 11.8. The summed E-state index contributed by atoms with van der Waals surface area (Å²) >= 11 is 0. The molecule has 6 nitrogen and oxygen atoms in total. The van der Waals surface area contributed by atoms with E-state index in [1.807, 2.05) is 14.1 Å². The number of hydrogen-bond acceptors (Lipinski definition) is 3. The summed E-state index contributed by atoms with van der Waals surface area (Å²) in [6, 6.07) is 8.72. The Kier molecular flexibility index (Phi) is 8.52. The van der Waals surface area contributed by atoms with Crippen LogP contribution in [0.2, 0.25) is 0 Å². The minimum Gasteiger partial charge on any atom is -0.357 e. The van der Waals surface area contributed by atoms with Gasteiger partial charge in [0, 0.05) is 20.6 Å². The first-order valence-corrected chi connectivity index (χ1v) is 8.73. The van der Waals surface area contributed by atoms with Gasteiger partial charge in [-0.3, -0.25) is 4.68 Å². The highest BCUT2D eigenvalue weighted by Crippen LogP contribution is 2.22. The molecular formula is C19H31IN6. The molecular weight excluding hydrogens is 439 g/mol. The van der Waals surface area contributed by atoms with Crippen molar-refractivity contribution >= 4 is 29.9 Å². The van der Waals surface area contributed by atoms with Crippen LogP contribution >= 0.6 is 24.0 Å². The molecule has 0 aliphatic rings. The molecule has 1 aromatic heterocycles. The van der Waals surface area contributed by atoms with Gasteiger partial charge in [0.25, 0.3) is 0 Å². The van der Waals surface area contributed by atoms with Crippen molar-refractivity contribution in [3.8, 4) is 0 Å². The maximum atomic E-state index is 4.76. The van der Waals surface area contributed by atoms with Crippen molar-refractivity contribution in [3.05, 3.63) is 47.5 Å². The summed E-state index contributed by atoms with van der Waals surface area (Å²) in [6.07, 6.45) is 1.57. The van der Waals surface area contributed by atoms with Crippen molar-refractivity contribution in [2.75, 3.05) is 13.6 Å². The molecule has 1 aromatic carbocycles. The summed E-state index contributed by atoms with van der Waals surface area (Å²) in [5, 5.41) is 7.45. The molecule has 1 N–H and O–H groups in total. The Morgan fingerprint density at radius 3 is 2.38 bits per heavy atom. The maximum Gasteiger partial charge on any atom is 0.194 e. The average Bonchev–Trinajstić information content (AvgIpc) is 2.96. The van der Waals surface area contributed by atoms with Crippen molar-refractivity contribution in [2.24, 2.45) is 12.0 Å². The van der Waals surface area contributed by atoms with E-state index in [9.17, 15) is 0 Å². The topological polar surface area (TPSA) is 58.3 Å². The van der Waals surface area contributed by atoms with Crippen LogP contribution in [0.4, 0.5) is 0 Å². The fraction of sp³-hybridized carbons (Fsp3) is 0.526. The standard InChI is InChI=1S/C19H30N6.HI/c1-7-20-18(24(5)13-17-22-14-23-25(17)6)21-12-15-8-10-16(11-9-15)19(2,3)4;/h8-11,14H,7,12-13H2,1-6H3,(H,20,21);1H. The highest BCUT2D eigenvalue weighted by Gasteiger charge is 2.13. The lowest BCUT2D eigenvalue weighted by Crippen LogP contribution is -2.39. The summed E-state index contributed by atoms with van der Waals surface area (Å²) in [6.45, 7) is 10.9. The Bertz CT molecular complexity index is 700. The van der Waals surface area contributed by atoms with Crippen LogP contribution in [-0.4, -0.2) is 39.2 Å². The molecule has 144 valence electrons. The number of halogens is 1. The van der Waals surface area contributed by atoms with Crippen LogP contribution in [0, 0.1) is 0 Å². The Morgan fingerprint density at radius 2 is 1.88 bits per heavy atom. The summed E-state index contributed by atoms with van der Waals surface area (Å²) in [5.74, 6) is 1.77. The molecule has 0 radical (unpaired) electrons. The second-order valence-electron chi connectivity index (χ2n) is 7.27. The normalized spacial score (nSPS) is 11.8.